The van der Waals surface area contributed by atoms with Gasteiger partial charge in [-0.05, 0) is 46.5 Å². The Bertz CT molecular complexity index is 417. The highest BCUT2D eigenvalue weighted by Gasteiger charge is 2.28. The highest BCUT2D eigenvalue weighted by Crippen LogP contribution is 2.19. The van der Waals surface area contributed by atoms with E-state index in [2.05, 4.69) is 10.6 Å². The third kappa shape index (κ3) is 6.32. The van der Waals surface area contributed by atoms with Crippen LogP contribution in [0.3, 0.4) is 0 Å². The molecule has 0 spiro atoms. The number of carbonyl (C=O) groups excluding carboxylic acids is 3. The summed E-state index contributed by atoms with van der Waals surface area (Å²) in [7, 11) is 1.26. The molecular weight excluding hydrogens is 288 g/mol. The highest BCUT2D eigenvalue weighted by molar-refractivity contribution is 5.82. The Morgan fingerprint density at radius 2 is 2.09 bits per heavy atom. The minimum atomic E-state index is -0.811. The maximum atomic E-state index is 11.8. The van der Waals surface area contributed by atoms with Crippen LogP contribution in [0.15, 0.2) is 0 Å². The van der Waals surface area contributed by atoms with E-state index in [0.29, 0.717) is 19.4 Å². The van der Waals surface area contributed by atoms with E-state index in [4.69, 9.17) is 9.47 Å². The second-order valence-electron chi connectivity index (χ2n) is 6.43. The average molecular weight is 314 g/mol. The Labute approximate surface area is 131 Å². The summed E-state index contributed by atoms with van der Waals surface area (Å²) >= 11 is 0. The van der Waals surface area contributed by atoms with Crippen molar-refractivity contribution in [3.8, 4) is 0 Å². The number of piperidine rings is 1. The van der Waals surface area contributed by atoms with Crippen molar-refractivity contribution in [2.75, 3.05) is 13.7 Å². The van der Waals surface area contributed by atoms with Gasteiger partial charge in [0.05, 0.1) is 7.11 Å². The normalized spacial score (nSPS) is 19.8. The standard InChI is InChI=1S/C15H26N2O5/c1-15(2,3)22-14(20)17-11(13(19)21-4)8-7-10-6-5-9-16-12(10)18/h10-11H,5-9H2,1-4H3,(H,16,18)(H,17,20). The van der Waals surface area contributed by atoms with E-state index in [0.717, 1.165) is 12.8 Å². The highest BCUT2D eigenvalue weighted by atomic mass is 16.6. The van der Waals surface area contributed by atoms with Crippen LogP contribution in [-0.2, 0) is 19.1 Å². The first-order valence-electron chi connectivity index (χ1n) is 7.58. The Morgan fingerprint density at radius 1 is 1.41 bits per heavy atom. The van der Waals surface area contributed by atoms with Crippen molar-refractivity contribution in [2.24, 2.45) is 5.92 Å². The van der Waals surface area contributed by atoms with Crippen LogP contribution in [0.1, 0.15) is 46.5 Å². The van der Waals surface area contributed by atoms with Crippen LogP contribution < -0.4 is 10.6 Å². The lowest BCUT2D eigenvalue weighted by Crippen LogP contribution is -2.45. The van der Waals surface area contributed by atoms with Gasteiger partial charge in [0.2, 0.25) is 5.91 Å². The van der Waals surface area contributed by atoms with Gasteiger partial charge in [-0.1, -0.05) is 0 Å². The van der Waals surface area contributed by atoms with Crippen LogP contribution in [0.25, 0.3) is 0 Å². The molecular formula is C15H26N2O5. The fourth-order valence-corrected chi connectivity index (χ4v) is 2.32. The molecule has 0 aromatic heterocycles. The van der Waals surface area contributed by atoms with E-state index in [1.54, 1.807) is 20.8 Å². The zero-order valence-corrected chi connectivity index (χ0v) is 13.7. The first-order chi connectivity index (χ1) is 10.2. The molecule has 1 aliphatic rings. The van der Waals surface area contributed by atoms with Crippen LogP contribution in [0.5, 0.6) is 0 Å². The quantitative estimate of drug-likeness (QED) is 0.747. The maximum Gasteiger partial charge on any atom is 0.408 e. The van der Waals surface area contributed by atoms with E-state index in [1.165, 1.54) is 7.11 Å². The molecule has 0 aromatic carbocycles. The number of amides is 2. The molecule has 2 atom stereocenters. The molecule has 0 saturated carbocycles. The van der Waals surface area contributed by atoms with Crippen molar-refractivity contribution in [3.05, 3.63) is 0 Å². The number of carbonyl (C=O) groups is 3. The molecule has 126 valence electrons. The number of rotatable bonds is 5. The predicted molar refractivity (Wildman–Crippen MR) is 80.1 cm³/mol. The smallest absolute Gasteiger partial charge is 0.408 e. The van der Waals surface area contributed by atoms with Crippen LogP contribution in [0.2, 0.25) is 0 Å². The Kier molecular flexibility index (Phi) is 6.64. The summed E-state index contributed by atoms with van der Waals surface area (Å²) in [6.45, 7) is 5.93. The van der Waals surface area contributed by atoms with Gasteiger partial charge >= 0.3 is 12.1 Å². The zero-order chi connectivity index (χ0) is 16.8. The summed E-state index contributed by atoms with van der Waals surface area (Å²) < 4.78 is 9.84. The minimum absolute atomic E-state index is 0.00661. The van der Waals surface area contributed by atoms with Crippen molar-refractivity contribution in [3.63, 3.8) is 0 Å². The molecule has 2 N–H and O–H groups in total. The van der Waals surface area contributed by atoms with E-state index in [-0.39, 0.29) is 11.8 Å². The molecule has 0 bridgehead atoms. The van der Waals surface area contributed by atoms with E-state index >= 15 is 0 Å². The number of hydrogen-bond donors (Lipinski definition) is 2. The summed E-state index contributed by atoms with van der Waals surface area (Å²) in [5.41, 5.74) is -0.645. The van der Waals surface area contributed by atoms with Gasteiger partial charge in [-0.15, -0.1) is 0 Å². The van der Waals surface area contributed by atoms with Gasteiger partial charge in [0, 0.05) is 12.5 Å². The van der Waals surface area contributed by atoms with Crippen molar-refractivity contribution in [1.29, 1.82) is 0 Å². The average Bonchev–Trinajstić information content (AvgIpc) is 2.42. The lowest BCUT2D eigenvalue weighted by Gasteiger charge is -2.25. The topological polar surface area (TPSA) is 93.7 Å². The third-order valence-corrected chi connectivity index (χ3v) is 3.38. The van der Waals surface area contributed by atoms with Crippen molar-refractivity contribution < 1.29 is 23.9 Å². The van der Waals surface area contributed by atoms with Crippen molar-refractivity contribution in [1.82, 2.24) is 10.6 Å². The number of nitrogens with one attached hydrogen (secondary N) is 2. The van der Waals surface area contributed by atoms with Gasteiger partial charge in [-0.2, -0.15) is 0 Å². The molecule has 22 heavy (non-hydrogen) atoms. The van der Waals surface area contributed by atoms with Crippen LogP contribution in [-0.4, -0.2) is 43.3 Å². The van der Waals surface area contributed by atoms with E-state index in [9.17, 15) is 14.4 Å². The van der Waals surface area contributed by atoms with Gasteiger partial charge in [-0.25, -0.2) is 9.59 Å². The number of ether oxygens (including phenoxy) is 2. The number of hydrogen-bond acceptors (Lipinski definition) is 5. The molecule has 7 nitrogen and oxygen atoms in total. The first kappa shape index (κ1) is 18.3. The van der Waals surface area contributed by atoms with Crippen molar-refractivity contribution >= 4 is 18.0 Å². The first-order valence-corrected chi connectivity index (χ1v) is 7.58. The van der Waals surface area contributed by atoms with Gasteiger partial charge in [0.25, 0.3) is 0 Å². The molecule has 1 rings (SSSR count). The second-order valence-corrected chi connectivity index (χ2v) is 6.43. The molecule has 1 fully saturated rings. The maximum absolute atomic E-state index is 11.8. The monoisotopic (exact) mass is 314 g/mol. The summed E-state index contributed by atoms with van der Waals surface area (Å²) in [5.74, 6) is -0.657. The molecule has 0 radical (unpaired) electrons. The largest absolute Gasteiger partial charge is 0.467 e. The molecule has 2 unspecified atom stereocenters. The minimum Gasteiger partial charge on any atom is -0.467 e. The lowest BCUT2D eigenvalue weighted by molar-refractivity contribution is -0.143. The molecule has 0 aromatic rings. The molecule has 1 heterocycles. The third-order valence-electron chi connectivity index (χ3n) is 3.38. The van der Waals surface area contributed by atoms with Gasteiger partial charge in [0.1, 0.15) is 11.6 Å². The molecule has 1 aliphatic heterocycles. The summed E-state index contributed by atoms with van der Waals surface area (Å²) in [6.07, 6.45) is 1.91. The molecule has 7 heteroatoms. The number of methoxy groups -OCH3 is 1. The molecule has 1 saturated heterocycles. The van der Waals surface area contributed by atoms with Gasteiger partial charge in [0.15, 0.2) is 0 Å². The van der Waals surface area contributed by atoms with Gasteiger partial charge < -0.3 is 20.1 Å². The zero-order valence-electron chi connectivity index (χ0n) is 13.7. The van der Waals surface area contributed by atoms with E-state index < -0.39 is 23.7 Å². The Morgan fingerprint density at radius 3 is 2.64 bits per heavy atom. The fourth-order valence-electron chi connectivity index (χ4n) is 2.32. The predicted octanol–water partition coefficient (Wildman–Crippen LogP) is 1.36. The lowest BCUT2D eigenvalue weighted by atomic mass is 9.92. The SMILES string of the molecule is COC(=O)C(CCC1CCCNC1=O)NC(=O)OC(C)(C)C. The van der Waals surface area contributed by atoms with Crippen molar-refractivity contribution in [2.45, 2.75) is 58.1 Å². The summed E-state index contributed by atoms with van der Waals surface area (Å²) in [6, 6.07) is -0.811. The van der Waals surface area contributed by atoms with Gasteiger partial charge in [-0.3, -0.25) is 4.79 Å². The van der Waals surface area contributed by atoms with Crippen LogP contribution in [0, 0.1) is 5.92 Å². The Hall–Kier alpha value is -1.79. The Balaban J connectivity index is 2.55. The van der Waals surface area contributed by atoms with Crippen LogP contribution >= 0.6 is 0 Å². The van der Waals surface area contributed by atoms with E-state index in [1.807, 2.05) is 0 Å². The molecule has 2 amide bonds. The molecule has 0 aliphatic carbocycles. The fraction of sp³-hybridized carbons (Fsp3) is 0.800. The second kappa shape index (κ2) is 8.00. The number of alkyl carbamates (subject to hydrolysis) is 1. The summed E-state index contributed by atoms with van der Waals surface area (Å²) in [4.78, 5) is 35.3. The summed E-state index contributed by atoms with van der Waals surface area (Å²) in [5, 5.41) is 5.31. The number of esters is 1. The van der Waals surface area contributed by atoms with Crippen LogP contribution in [0.4, 0.5) is 4.79 Å².